The van der Waals surface area contributed by atoms with Crippen molar-refractivity contribution in [2.75, 3.05) is 5.32 Å². The number of carboxylic acid groups (broad SMARTS) is 1. The lowest BCUT2D eigenvalue weighted by atomic mass is 10.1. The molecule has 0 fully saturated rings. The summed E-state index contributed by atoms with van der Waals surface area (Å²) in [4.78, 5) is 23.3. The molecule has 0 radical (unpaired) electrons. The van der Waals surface area contributed by atoms with Crippen LogP contribution in [0.3, 0.4) is 0 Å². The first-order chi connectivity index (χ1) is 11.0. The third kappa shape index (κ3) is 4.86. The summed E-state index contributed by atoms with van der Waals surface area (Å²) in [7, 11) is 0. The minimum atomic E-state index is -1.01. The van der Waals surface area contributed by atoms with Gasteiger partial charge in [-0.15, -0.1) is 11.8 Å². The number of aromatic carboxylic acids is 1. The number of hydrogen-bond acceptors (Lipinski definition) is 3. The van der Waals surface area contributed by atoms with Crippen molar-refractivity contribution in [3.05, 3.63) is 65.2 Å². The van der Waals surface area contributed by atoms with Gasteiger partial charge in [-0.25, -0.2) is 4.79 Å². The predicted molar refractivity (Wildman–Crippen MR) is 94.0 cm³/mol. The fourth-order valence-corrected chi connectivity index (χ4v) is 2.84. The summed E-state index contributed by atoms with van der Waals surface area (Å²) in [5.74, 6) is -0.382. The second kappa shape index (κ2) is 7.83. The van der Waals surface area contributed by atoms with Crippen LogP contribution in [0.15, 0.2) is 48.5 Å². The number of rotatable bonds is 6. The van der Waals surface area contributed by atoms with Gasteiger partial charge in [-0.2, -0.15) is 0 Å². The summed E-state index contributed by atoms with van der Waals surface area (Å²) in [5.41, 5.74) is 2.71. The largest absolute Gasteiger partial charge is 0.478 e. The monoisotopic (exact) mass is 329 g/mol. The third-order valence-electron chi connectivity index (χ3n) is 3.45. The van der Waals surface area contributed by atoms with E-state index in [1.165, 1.54) is 17.7 Å². The van der Waals surface area contributed by atoms with E-state index in [0.29, 0.717) is 5.69 Å². The number of benzene rings is 2. The average Bonchev–Trinajstić information content (AvgIpc) is 2.55. The highest BCUT2D eigenvalue weighted by atomic mass is 32.2. The van der Waals surface area contributed by atoms with Gasteiger partial charge in [-0.05, 0) is 37.1 Å². The van der Waals surface area contributed by atoms with Crippen LogP contribution in [0.2, 0.25) is 0 Å². The van der Waals surface area contributed by atoms with Crippen molar-refractivity contribution in [1.29, 1.82) is 0 Å². The summed E-state index contributed by atoms with van der Waals surface area (Å²) in [6.45, 7) is 3.68. The first-order valence-electron chi connectivity index (χ1n) is 7.27. The summed E-state index contributed by atoms with van der Waals surface area (Å²) >= 11 is 1.54. The highest BCUT2D eigenvalue weighted by molar-refractivity contribution is 7.99. The highest BCUT2D eigenvalue weighted by Crippen LogP contribution is 2.21. The van der Waals surface area contributed by atoms with Crippen LogP contribution in [0.1, 0.15) is 28.4 Å². The van der Waals surface area contributed by atoms with Gasteiger partial charge >= 0.3 is 5.97 Å². The number of hydrogen-bond donors (Lipinski definition) is 2. The van der Waals surface area contributed by atoms with Gasteiger partial charge in [0.15, 0.2) is 0 Å². The molecule has 1 unspecified atom stereocenters. The van der Waals surface area contributed by atoms with Crippen LogP contribution in [0.4, 0.5) is 5.69 Å². The Morgan fingerprint density at radius 3 is 2.52 bits per heavy atom. The van der Waals surface area contributed by atoms with E-state index in [1.807, 2.05) is 44.2 Å². The Bertz CT molecular complexity index is 701. The molecule has 0 aromatic heterocycles. The minimum absolute atomic E-state index is 0.128. The van der Waals surface area contributed by atoms with E-state index < -0.39 is 5.97 Å². The smallest absolute Gasteiger partial charge is 0.335 e. The Hall–Kier alpha value is -2.27. The van der Waals surface area contributed by atoms with E-state index in [0.717, 1.165) is 11.3 Å². The molecule has 0 aliphatic rings. The molecule has 0 aliphatic heterocycles. The van der Waals surface area contributed by atoms with Crippen molar-refractivity contribution in [3.63, 3.8) is 0 Å². The molecular weight excluding hydrogens is 310 g/mol. The molecule has 2 aromatic carbocycles. The van der Waals surface area contributed by atoms with Crippen molar-refractivity contribution in [2.45, 2.75) is 24.9 Å². The van der Waals surface area contributed by atoms with Gasteiger partial charge < -0.3 is 10.4 Å². The molecular formula is C18H19NO3S. The zero-order valence-corrected chi connectivity index (χ0v) is 13.9. The maximum atomic E-state index is 12.3. The summed E-state index contributed by atoms with van der Waals surface area (Å²) < 4.78 is 0. The van der Waals surface area contributed by atoms with Crippen molar-refractivity contribution < 1.29 is 14.7 Å². The van der Waals surface area contributed by atoms with E-state index in [-0.39, 0.29) is 16.7 Å². The van der Waals surface area contributed by atoms with Crippen molar-refractivity contribution >= 4 is 29.3 Å². The van der Waals surface area contributed by atoms with Crippen LogP contribution in [-0.4, -0.2) is 22.2 Å². The maximum absolute atomic E-state index is 12.3. The highest BCUT2D eigenvalue weighted by Gasteiger charge is 2.15. The molecule has 4 nitrogen and oxygen atoms in total. The van der Waals surface area contributed by atoms with Gasteiger partial charge in [-0.1, -0.05) is 36.4 Å². The number of amides is 1. The van der Waals surface area contributed by atoms with Gasteiger partial charge in [-0.3, -0.25) is 4.79 Å². The molecule has 0 aliphatic carbocycles. The number of nitrogens with one attached hydrogen (secondary N) is 1. The zero-order chi connectivity index (χ0) is 16.8. The molecule has 23 heavy (non-hydrogen) atoms. The summed E-state index contributed by atoms with van der Waals surface area (Å²) in [6, 6.07) is 14.7. The lowest BCUT2D eigenvalue weighted by Gasteiger charge is -2.14. The number of carbonyl (C=O) groups is 2. The molecule has 2 N–H and O–H groups in total. The third-order valence-corrected chi connectivity index (χ3v) is 4.67. The number of anilines is 1. The molecule has 2 rings (SSSR count). The van der Waals surface area contributed by atoms with E-state index in [1.54, 1.807) is 17.8 Å². The molecule has 0 bridgehead atoms. The Balaban J connectivity index is 1.98. The Morgan fingerprint density at radius 2 is 1.87 bits per heavy atom. The Labute approximate surface area is 139 Å². The standard InChI is InChI=1S/C18H19NO3S/c1-12-8-9-15(18(21)22)10-16(12)19-17(20)13(2)23-11-14-6-4-3-5-7-14/h3-10,13H,11H2,1-2H3,(H,19,20)(H,21,22). The quantitative estimate of drug-likeness (QED) is 0.842. The first kappa shape index (κ1) is 17.1. The van der Waals surface area contributed by atoms with Crippen LogP contribution >= 0.6 is 11.8 Å². The maximum Gasteiger partial charge on any atom is 0.335 e. The lowest BCUT2D eigenvalue weighted by Crippen LogP contribution is -2.23. The number of thioether (sulfide) groups is 1. The van der Waals surface area contributed by atoms with E-state index in [4.69, 9.17) is 5.11 Å². The van der Waals surface area contributed by atoms with Gasteiger partial charge in [0, 0.05) is 11.4 Å². The van der Waals surface area contributed by atoms with Crippen molar-refractivity contribution in [2.24, 2.45) is 0 Å². The van der Waals surface area contributed by atoms with Crippen LogP contribution < -0.4 is 5.32 Å². The molecule has 1 amide bonds. The second-order valence-corrected chi connectivity index (χ2v) is 6.59. The first-order valence-corrected chi connectivity index (χ1v) is 8.32. The number of aryl methyl sites for hydroxylation is 1. The molecule has 0 saturated carbocycles. The topological polar surface area (TPSA) is 66.4 Å². The fraction of sp³-hybridized carbons (Fsp3) is 0.222. The molecule has 1 atom stereocenters. The number of carbonyl (C=O) groups excluding carboxylic acids is 1. The SMILES string of the molecule is Cc1ccc(C(=O)O)cc1NC(=O)C(C)SCc1ccccc1. The predicted octanol–water partition coefficient (Wildman–Crippen LogP) is 3.95. The lowest BCUT2D eigenvalue weighted by molar-refractivity contribution is -0.115. The fourth-order valence-electron chi connectivity index (χ4n) is 2.00. The molecule has 0 heterocycles. The zero-order valence-electron chi connectivity index (χ0n) is 13.1. The summed E-state index contributed by atoms with van der Waals surface area (Å²) in [6.07, 6.45) is 0. The average molecular weight is 329 g/mol. The van der Waals surface area contributed by atoms with Crippen LogP contribution in [0.25, 0.3) is 0 Å². The normalized spacial score (nSPS) is 11.7. The molecule has 120 valence electrons. The van der Waals surface area contributed by atoms with Crippen LogP contribution in [-0.2, 0) is 10.5 Å². The van der Waals surface area contributed by atoms with E-state index in [2.05, 4.69) is 5.32 Å². The van der Waals surface area contributed by atoms with E-state index >= 15 is 0 Å². The van der Waals surface area contributed by atoms with Crippen molar-refractivity contribution in [1.82, 2.24) is 0 Å². The second-order valence-electron chi connectivity index (χ2n) is 5.26. The van der Waals surface area contributed by atoms with Gasteiger partial charge in [0.05, 0.1) is 10.8 Å². The van der Waals surface area contributed by atoms with Crippen LogP contribution in [0.5, 0.6) is 0 Å². The van der Waals surface area contributed by atoms with Gasteiger partial charge in [0.2, 0.25) is 5.91 Å². The molecule has 0 saturated heterocycles. The minimum Gasteiger partial charge on any atom is -0.478 e. The van der Waals surface area contributed by atoms with Crippen molar-refractivity contribution in [3.8, 4) is 0 Å². The van der Waals surface area contributed by atoms with E-state index in [9.17, 15) is 9.59 Å². The van der Waals surface area contributed by atoms with Gasteiger partial charge in [0.1, 0.15) is 0 Å². The molecule has 2 aromatic rings. The Kier molecular flexibility index (Phi) is 5.82. The van der Waals surface area contributed by atoms with Gasteiger partial charge in [0.25, 0.3) is 0 Å². The van der Waals surface area contributed by atoms with Crippen LogP contribution in [0, 0.1) is 6.92 Å². The Morgan fingerprint density at radius 1 is 1.17 bits per heavy atom. The summed E-state index contributed by atoms with van der Waals surface area (Å²) in [5, 5.41) is 11.6. The molecule has 5 heteroatoms. The number of carboxylic acids is 1. The molecule has 0 spiro atoms.